The highest BCUT2D eigenvalue weighted by atomic mass is 35.5. The molecule has 0 atom stereocenters. The predicted octanol–water partition coefficient (Wildman–Crippen LogP) is 4.76. The van der Waals surface area contributed by atoms with E-state index in [-0.39, 0.29) is 17.5 Å². The van der Waals surface area contributed by atoms with E-state index >= 15 is 0 Å². The van der Waals surface area contributed by atoms with Gasteiger partial charge < -0.3 is 10.1 Å². The van der Waals surface area contributed by atoms with Crippen molar-refractivity contribution in [3.63, 3.8) is 0 Å². The van der Waals surface area contributed by atoms with Gasteiger partial charge in [-0.05, 0) is 48.7 Å². The minimum atomic E-state index is -0.326. The molecule has 0 heterocycles. The van der Waals surface area contributed by atoms with Gasteiger partial charge in [-0.1, -0.05) is 41.4 Å². The monoisotopic (exact) mass is 386 g/mol. The maximum absolute atomic E-state index is 12.0. The van der Waals surface area contributed by atoms with Crippen LogP contribution in [0.25, 0.3) is 6.08 Å². The van der Waals surface area contributed by atoms with Gasteiger partial charge >= 0.3 is 0 Å². The lowest BCUT2D eigenvalue weighted by Gasteiger charge is -2.08. The molecule has 0 aliphatic heterocycles. The molecule has 0 aromatic heterocycles. The number of carbonyl (C=O) groups excluding carboxylic acids is 1. The molecule has 0 bridgehead atoms. The molecule has 3 rings (SSSR count). The van der Waals surface area contributed by atoms with E-state index in [0.29, 0.717) is 22.4 Å². The summed E-state index contributed by atoms with van der Waals surface area (Å²) >= 11 is 12.0. The fraction of sp³-hybridized carbons (Fsp3) is 0.200. The second-order valence-electron chi connectivity index (χ2n) is 6.01. The molecule has 2 aromatic carbocycles. The molecule has 6 heteroatoms. The van der Waals surface area contributed by atoms with Gasteiger partial charge in [0.15, 0.2) is 0 Å². The van der Waals surface area contributed by atoms with Crippen LogP contribution in [0.4, 0.5) is 0 Å². The molecule has 0 unspecified atom stereocenters. The number of amides is 1. The van der Waals surface area contributed by atoms with Crippen molar-refractivity contribution in [3.05, 3.63) is 69.2 Å². The summed E-state index contributed by atoms with van der Waals surface area (Å²) in [7, 11) is 0. The molecular formula is C20H16Cl2N2O2. The summed E-state index contributed by atoms with van der Waals surface area (Å²) in [5, 5.41) is 13.1. The minimum Gasteiger partial charge on any atom is -0.489 e. The van der Waals surface area contributed by atoms with Crippen LogP contribution in [-0.4, -0.2) is 11.9 Å². The van der Waals surface area contributed by atoms with Crippen molar-refractivity contribution in [2.75, 3.05) is 0 Å². The number of hydrogen-bond donors (Lipinski definition) is 1. The van der Waals surface area contributed by atoms with Crippen LogP contribution in [0.1, 0.15) is 24.0 Å². The summed E-state index contributed by atoms with van der Waals surface area (Å²) in [5.74, 6) is 0.335. The maximum Gasteiger partial charge on any atom is 0.262 e. The standard InChI is InChI=1S/C20H16Cl2N2O2/c21-16-4-3-14(19(22)10-16)12-26-18-7-1-13(2-8-18)9-15(11-23)20(25)24-17-5-6-17/h1-4,7-10,17H,5-6,12H2,(H,24,25)/b15-9-. The fourth-order valence-corrected chi connectivity index (χ4v) is 2.73. The Morgan fingerprint density at radius 1 is 1.23 bits per heavy atom. The smallest absolute Gasteiger partial charge is 0.262 e. The summed E-state index contributed by atoms with van der Waals surface area (Å²) < 4.78 is 5.71. The van der Waals surface area contributed by atoms with E-state index < -0.39 is 0 Å². The third-order valence-corrected chi connectivity index (χ3v) is 4.47. The number of carbonyl (C=O) groups is 1. The zero-order chi connectivity index (χ0) is 18.5. The van der Waals surface area contributed by atoms with Crippen LogP contribution in [-0.2, 0) is 11.4 Å². The number of nitrogens with zero attached hydrogens (tertiary/aromatic N) is 1. The first-order chi connectivity index (χ1) is 12.5. The van der Waals surface area contributed by atoms with Crippen LogP contribution in [0.2, 0.25) is 10.0 Å². The zero-order valence-electron chi connectivity index (χ0n) is 13.8. The molecular weight excluding hydrogens is 371 g/mol. The van der Waals surface area contributed by atoms with Crippen molar-refractivity contribution >= 4 is 35.2 Å². The minimum absolute atomic E-state index is 0.0958. The molecule has 1 fully saturated rings. The molecule has 0 radical (unpaired) electrons. The Balaban J connectivity index is 1.63. The highest BCUT2D eigenvalue weighted by molar-refractivity contribution is 6.35. The van der Waals surface area contributed by atoms with Gasteiger partial charge in [0.25, 0.3) is 5.91 Å². The van der Waals surface area contributed by atoms with Gasteiger partial charge in [0.05, 0.1) is 0 Å². The fourth-order valence-electron chi connectivity index (χ4n) is 2.27. The average Bonchev–Trinajstić information content (AvgIpc) is 3.44. The Kier molecular flexibility index (Phi) is 5.82. The molecule has 26 heavy (non-hydrogen) atoms. The first-order valence-electron chi connectivity index (χ1n) is 8.14. The second kappa shape index (κ2) is 8.27. The Morgan fingerprint density at radius 3 is 2.58 bits per heavy atom. The van der Waals surface area contributed by atoms with E-state index in [2.05, 4.69) is 5.32 Å². The Bertz CT molecular complexity index is 882. The molecule has 0 spiro atoms. The molecule has 1 aliphatic carbocycles. The summed E-state index contributed by atoms with van der Waals surface area (Å²) in [6, 6.07) is 14.6. The molecule has 1 N–H and O–H groups in total. The van der Waals surface area contributed by atoms with Crippen molar-refractivity contribution in [3.8, 4) is 11.8 Å². The topological polar surface area (TPSA) is 62.1 Å². The normalized spacial score (nSPS) is 13.8. The number of rotatable bonds is 6. The van der Waals surface area contributed by atoms with E-state index in [1.807, 2.05) is 12.1 Å². The lowest BCUT2D eigenvalue weighted by molar-refractivity contribution is -0.117. The van der Waals surface area contributed by atoms with Crippen molar-refractivity contribution in [2.45, 2.75) is 25.5 Å². The number of benzene rings is 2. The third-order valence-electron chi connectivity index (χ3n) is 3.88. The number of halogens is 2. The molecule has 1 saturated carbocycles. The number of nitriles is 1. The van der Waals surface area contributed by atoms with Gasteiger partial charge in [0.1, 0.15) is 24.0 Å². The highest BCUT2D eigenvalue weighted by Crippen LogP contribution is 2.23. The largest absolute Gasteiger partial charge is 0.489 e. The second-order valence-corrected chi connectivity index (χ2v) is 6.85. The molecule has 0 saturated heterocycles. The molecule has 1 aliphatic rings. The summed E-state index contributed by atoms with van der Waals surface area (Å²) in [6.45, 7) is 0.318. The average molecular weight is 387 g/mol. The summed E-state index contributed by atoms with van der Waals surface area (Å²) in [5.41, 5.74) is 1.69. The number of nitrogens with one attached hydrogen (secondary N) is 1. The van der Waals surface area contributed by atoms with Gasteiger partial charge in [0.2, 0.25) is 0 Å². The number of ether oxygens (including phenoxy) is 1. The highest BCUT2D eigenvalue weighted by Gasteiger charge is 2.24. The molecule has 4 nitrogen and oxygen atoms in total. The van der Waals surface area contributed by atoms with Crippen molar-refractivity contribution in [1.82, 2.24) is 5.32 Å². The summed E-state index contributed by atoms with van der Waals surface area (Å²) in [6.07, 6.45) is 3.53. The Labute approximate surface area is 162 Å². The Hall–Kier alpha value is -2.48. The van der Waals surface area contributed by atoms with E-state index in [9.17, 15) is 10.1 Å². The molecule has 2 aromatic rings. The SMILES string of the molecule is N#C/C(=C/c1ccc(OCc2ccc(Cl)cc2Cl)cc1)C(=O)NC1CC1. The maximum atomic E-state index is 12.0. The Morgan fingerprint density at radius 2 is 1.96 bits per heavy atom. The van der Waals surface area contributed by atoms with Gasteiger partial charge in [-0.3, -0.25) is 4.79 Å². The van der Waals surface area contributed by atoms with Crippen LogP contribution < -0.4 is 10.1 Å². The lowest BCUT2D eigenvalue weighted by Crippen LogP contribution is -2.26. The van der Waals surface area contributed by atoms with E-state index in [4.69, 9.17) is 27.9 Å². The van der Waals surface area contributed by atoms with Gasteiger partial charge in [-0.15, -0.1) is 0 Å². The van der Waals surface area contributed by atoms with Gasteiger partial charge in [0, 0.05) is 21.7 Å². The van der Waals surface area contributed by atoms with E-state index in [1.54, 1.807) is 42.5 Å². The van der Waals surface area contributed by atoms with Gasteiger partial charge in [-0.25, -0.2) is 0 Å². The first-order valence-corrected chi connectivity index (χ1v) is 8.90. The molecule has 1 amide bonds. The van der Waals surface area contributed by atoms with Crippen LogP contribution in [0.15, 0.2) is 48.0 Å². The van der Waals surface area contributed by atoms with Crippen molar-refractivity contribution < 1.29 is 9.53 Å². The lowest BCUT2D eigenvalue weighted by atomic mass is 10.1. The quantitative estimate of drug-likeness (QED) is 0.574. The van der Waals surface area contributed by atoms with E-state index in [1.165, 1.54) is 0 Å². The van der Waals surface area contributed by atoms with Gasteiger partial charge in [-0.2, -0.15) is 5.26 Å². The summed E-state index contributed by atoms with van der Waals surface area (Å²) in [4.78, 5) is 12.0. The van der Waals surface area contributed by atoms with Crippen molar-refractivity contribution in [1.29, 1.82) is 5.26 Å². The van der Waals surface area contributed by atoms with Crippen LogP contribution in [0.5, 0.6) is 5.75 Å². The number of hydrogen-bond acceptors (Lipinski definition) is 3. The third kappa shape index (κ3) is 5.01. The predicted molar refractivity (Wildman–Crippen MR) is 102 cm³/mol. The van der Waals surface area contributed by atoms with Crippen molar-refractivity contribution in [2.24, 2.45) is 0 Å². The van der Waals surface area contributed by atoms with Crippen LogP contribution in [0, 0.1) is 11.3 Å². The zero-order valence-corrected chi connectivity index (χ0v) is 15.3. The van der Waals surface area contributed by atoms with Crippen LogP contribution in [0.3, 0.4) is 0 Å². The van der Waals surface area contributed by atoms with E-state index in [0.717, 1.165) is 24.0 Å². The first kappa shape index (κ1) is 18.3. The van der Waals surface area contributed by atoms with Crippen LogP contribution >= 0.6 is 23.2 Å². The molecule has 132 valence electrons.